The number of fused-ring (bicyclic) bond motifs is 1. The van der Waals surface area contributed by atoms with Crippen LogP contribution in [0, 0.1) is 0 Å². The molecule has 98 valence electrons. The van der Waals surface area contributed by atoms with Crippen LogP contribution in [-0.2, 0) is 6.42 Å². The van der Waals surface area contributed by atoms with Gasteiger partial charge in [-0.1, -0.05) is 38.6 Å². The summed E-state index contributed by atoms with van der Waals surface area (Å²) in [6, 6.07) is 9.81. The molecule has 1 N–H and O–H groups in total. The number of benzene rings is 1. The maximum Gasteiger partial charge on any atom is 0.0404 e. The predicted molar refractivity (Wildman–Crippen MR) is 79.2 cm³/mol. The zero-order valence-electron chi connectivity index (χ0n) is 11.7. The van der Waals surface area contributed by atoms with E-state index in [1.807, 2.05) is 0 Å². The Morgan fingerprint density at radius 1 is 1.44 bits per heavy atom. The first-order valence-electron chi connectivity index (χ1n) is 6.82. The number of hydrogen-bond acceptors (Lipinski definition) is 2. The van der Waals surface area contributed by atoms with Gasteiger partial charge in [0.2, 0.25) is 0 Å². The van der Waals surface area contributed by atoms with Gasteiger partial charge in [-0.3, -0.25) is 0 Å². The molecule has 0 aliphatic carbocycles. The first-order valence-corrected chi connectivity index (χ1v) is 6.82. The van der Waals surface area contributed by atoms with Crippen LogP contribution < -0.4 is 10.2 Å². The Hall–Kier alpha value is -1.28. The normalized spacial score (nSPS) is 18.2. The van der Waals surface area contributed by atoms with Crippen molar-refractivity contribution in [2.45, 2.75) is 39.3 Å². The minimum atomic E-state index is 0.519. The van der Waals surface area contributed by atoms with Crippen molar-refractivity contribution < 1.29 is 0 Å². The molecule has 0 saturated carbocycles. The molecule has 1 aromatic rings. The van der Waals surface area contributed by atoms with Crippen LogP contribution in [0.15, 0.2) is 36.4 Å². The molecule has 1 aliphatic rings. The van der Waals surface area contributed by atoms with Crippen molar-refractivity contribution in [1.29, 1.82) is 0 Å². The van der Waals surface area contributed by atoms with E-state index in [2.05, 4.69) is 61.8 Å². The summed E-state index contributed by atoms with van der Waals surface area (Å²) in [7, 11) is 0. The molecule has 0 amide bonds. The quantitative estimate of drug-likeness (QED) is 0.801. The molecule has 0 saturated heterocycles. The van der Waals surface area contributed by atoms with Crippen molar-refractivity contribution in [1.82, 2.24) is 5.32 Å². The average molecular weight is 244 g/mol. The molecule has 2 rings (SSSR count). The van der Waals surface area contributed by atoms with Crippen LogP contribution in [0.5, 0.6) is 0 Å². The number of hydrogen-bond donors (Lipinski definition) is 1. The van der Waals surface area contributed by atoms with Crippen LogP contribution in [-0.4, -0.2) is 25.2 Å². The Balaban J connectivity index is 1.99. The standard InChI is InChI=1S/C16H24N2/c1-12(2)17-10-13(3)11-18-14(4)9-15-7-5-6-8-16(15)18/h5-8,12,14,17H,3,9-11H2,1-2,4H3. The third kappa shape index (κ3) is 2.94. The number of para-hydroxylation sites is 1. The first kappa shape index (κ1) is 13.2. The minimum Gasteiger partial charge on any atom is -0.364 e. The monoisotopic (exact) mass is 244 g/mol. The molecule has 0 fully saturated rings. The zero-order valence-corrected chi connectivity index (χ0v) is 11.7. The highest BCUT2D eigenvalue weighted by atomic mass is 15.2. The molecule has 0 spiro atoms. The van der Waals surface area contributed by atoms with Crippen LogP contribution >= 0.6 is 0 Å². The first-order chi connectivity index (χ1) is 8.58. The molecular weight excluding hydrogens is 220 g/mol. The van der Waals surface area contributed by atoms with E-state index in [9.17, 15) is 0 Å². The van der Waals surface area contributed by atoms with E-state index in [-0.39, 0.29) is 0 Å². The Morgan fingerprint density at radius 2 is 2.17 bits per heavy atom. The topological polar surface area (TPSA) is 15.3 Å². The number of rotatable bonds is 5. The van der Waals surface area contributed by atoms with Crippen molar-refractivity contribution in [2.24, 2.45) is 0 Å². The third-order valence-corrected chi connectivity index (χ3v) is 3.50. The number of nitrogens with zero attached hydrogens (tertiary/aromatic N) is 1. The van der Waals surface area contributed by atoms with Gasteiger partial charge in [0, 0.05) is 30.9 Å². The maximum atomic E-state index is 4.19. The molecule has 1 unspecified atom stereocenters. The Bertz CT molecular complexity index is 423. The van der Waals surface area contributed by atoms with Gasteiger partial charge in [-0.15, -0.1) is 0 Å². The lowest BCUT2D eigenvalue weighted by atomic mass is 10.1. The van der Waals surface area contributed by atoms with Gasteiger partial charge in [0.15, 0.2) is 0 Å². The van der Waals surface area contributed by atoms with Gasteiger partial charge in [-0.05, 0) is 30.5 Å². The summed E-state index contributed by atoms with van der Waals surface area (Å²) in [5, 5.41) is 3.43. The smallest absolute Gasteiger partial charge is 0.0404 e. The molecule has 18 heavy (non-hydrogen) atoms. The maximum absolute atomic E-state index is 4.19. The summed E-state index contributed by atoms with van der Waals surface area (Å²) in [6.07, 6.45) is 1.15. The fourth-order valence-electron chi connectivity index (χ4n) is 2.52. The minimum absolute atomic E-state index is 0.519. The summed E-state index contributed by atoms with van der Waals surface area (Å²) < 4.78 is 0. The van der Waals surface area contributed by atoms with E-state index in [0.29, 0.717) is 12.1 Å². The van der Waals surface area contributed by atoms with Crippen molar-refractivity contribution in [3.8, 4) is 0 Å². The molecule has 0 radical (unpaired) electrons. The van der Waals surface area contributed by atoms with Gasteiger partial charge in [0.1, 0.15) is 0 Å². The largest absolute Gasteiger partial charge is 0.364 e. The predicted octanol–water partition coefficient (Wildman–Crippen LogP) is 2.99. The number of anilines is 1. The van der Waals surface area contributed by atoms with Gasteiger partial charge in [-0.2, -0.15) is 0 Å². The summed E-state index contributed by atoms with van der Waals surface area (Å²) in [6.45, 7) is 12.7. The van der Waals surface area contributed by atoms with Gasteiger partial charge < -0.3 is 10.2 Å². The molecule has 0 aromatic heterocycles. The van der Waals surface area contributed by atoms with Crippen LogP contribution in [0.4, 0.5) is 5.69 Å². The van der Waals surface area contributed by atoms with Crippen molar-refractivity contribution in [3.05, 3.63) is 42.0 Å². The number of nitrogens with one attached hydrogen (secondary N) is 1. The zero-order chi connectivity index (χ0) is 13.1. The van der Waals surface area contributed by atoms with E-state index in [1.165, 1.54) is 16.8 Å². The lowest BCUT2D eigenvalue weighted by molar-refractivity contribution is 0.608. The van der Waals surface area contributed by atoms with Crippen LogP contribution in [0.25, 0.3) is 0 Å². The van der Waals surface area contributed by atoms with E-state index in [0.717, 1.165) is 19.5 Å². The lowest BCUT2D eigenvalue weighted by Crippen LogP contribution is -2.34. The molecule has 2 heteroatoms. The fraction of sp³-hybridized carbons (Fsp3) is 0.500. The fourth-order valence-corrected chi connectivity index (χ4v) is 2.52. The van der Waals surface area contributed by atoms with Crippen LogP contribution in [0.1, 0.15) is 26.3 Å². The lowest BCUT2D eigenvalue weighted by Gasteiger charge is -2.26. The van der Waals surface area contributed by atoms with E-state index < -0.39 is 0 Å². The molecule has 1 aliphatic heterocycles. The Morgan fingerprint density at radius 3 is 2.89 bits per heavy atom. The molecule has 0 bridgehead atoms. The van der Waals surface area contributed by atoms with Crippen LogP contribution in [0.2, 0.25) is 0 Å². The second kappa shape index (κ2) is 5.57. The molecule has 1 heterocycles. The average Bonchev–Trinajstić information content (AvgIpc) is 2.64. The van der Waals surface area contributed by atoms with Crippen LogP contribution in [0.3, 0.4) is 0 Å². The van der Waals surface area contributed by atoms with Gasteiger partial charge >= 0.3 is 0 Å². The molecular formula is C16H24N2. The highest BCUT2D eigenvalue weighted by molar-refractivity contribution is 5.59. The van der Waals surface area contributed by atoms with Crippen molar-refractivity contribution in [3.63, 3.8) is 0 Å². The Labute approximate surface area is 111 Å². The molecule has 2 nitrogen and oxygen atoms in total. The van der Waals surface area contributed by atoms with E-state index in [4.69, 9.17) is 0 Å². The van der Waals surface area contributed by atoms with Gasteiger partial charge in [0.25, 0.3) is 0 Å². The second-order valence-electron chi connectivity index (χ2n) is 5.60. The summed E-state index contributed by atoms with van der Waals surface area (Å²) in [5.74, 6) is 0. The summed E-state index contributed by atoms with van der Waals surface area (Å²) in [4.78, 5) is 2.47. The molecule has 1 aromatic carbocycles. The van der Waals surface area contributed by atoms with Crippen molar-refractivity contribution in [2.75, 3.05) is 18.0 Å². The highest BCUT2D eigenvalue weighted by Gasteiger charge is 2.25. The SMILES string of the molecule is C=C(CNC(C)C)CN1c2ccccc2CC1C. The van der Waals surface area contributed by atoms with Gasteiger partial charge in [-0.25, -0.2) is 0 Å². The van der Waals surface area contributed by atoms with Crippen molar-refractivity contribution >= 4 is 5.69 Å². The summed E-state index contributed by atoms with van der Waals surface area (Å²) in [5.41, 5.74) is 4.11. The summed E-state index contributed by atoms with van der Waals surface area (Å²) >= 11 is 0. The second-order valence-corrected chi connectivity index (χ2v) is 5.60. The highest BCUT2D eigenvalue weighted by Crippen LogP contribution is 2.31. The van der Waals surface area contributed by atoms with E-state index >= 15 is 0 Å². The van der Waals surface area contributed by atoms with E-state index in [1.54, 1.807) is 0 Å². The third-order valence-electron chi connectivity index (χ3n) is 3.50. The Kier molecular flexibility index (Phi) is 4.07. The molecule has 1 atom stereocenters. The van der Waals surface area contributed by atoms with Gasteiger partial charge in [0.05, 0.1) is 0 Å².